The van der Waals surface area contributed by atoms with Crippen LogP contribution in [0.3, 0.4) is 0 Å². The van der Waals surface area contributed by atoms with Gasteiger partial charge in [0.2, 0.25) is 5.91 Å². The molecule has 1 aliphatic rings. The van der Waals surface area contributed by atoms with Crippen molar-refractivity contribution in [3.05, 3.63) is 47.2 Å². The number of carbonyl (C=O) groups excluding carboxylic acids is 1. The number of hydrogen-bond donors (Lipinski definition) is 1. The maximum absolute atomic E-state index is 13.1. The minimum Gasteiger partial charge on any atom is -0.301 e. The molecule has 3 rings (SSSR count). The third-order valence-corrected chi connectivity index (χ3v) is 4.63. The Balaban J connectivity index is 1.91. The SMILES string of the molecule is O=C(Nc1nccs1)C1(c2ccc(F)cc2)CCCC1. The van der Waals surface area contributed by atoms with Crippen LogP contribution in [0.2, 0.25) is 0 Å². The first-order valence-corrected chi connectivity index (χ1v) is 7.56. The van der Waals surface area contributed by atoms with E-state index in [0.29, 0.717) is 5.13 Å². The molecule has 2 aromatic rings. The molecule has 1 fully saturated rings. The summed E-state index contributed by atoms with van der Waals surface area (Å²) < 4.78 is 13.1. The van der Waals surface area contributed by atoms with Gasteiger partial charge in [0.15, 0.2) is 5.13 Å². The van der Waals surface area contributed by atoms with E-state index in [1.807, 2.05) is 5.38 Å². The van der Waals surface area contributed by atoms with Gasteiger partial charge in [-0.25, -0.2) is 9.37 Å². The van der Waals surface area contributed by atoms with Crippen molar-refractivity contribution < 1.29 is 9.18 Å². The Labute approximate surface area is 120 Å². The number of nitrogens with zero attached hydrogens (tertiary/aromatic N) is 1. The Bertz CT molecular complexity index is 589. The molecule has 1 aromatic heterocycles. The number of nitrogens with one attached hydrogen (secondary N) is 1. The molecule has 1 heterocycles. The molecule has 104 valence electrons. The quantitative estimate of drug-likeness (QED) is 0.935. The highest BCUT2D eigenvalue weighted by Crippen LogP contribution is 2.42. The van der Waals surface area contributed by atoms with Gasteiger partial charge in [-0.3, -0.25) is 4.79 Å². The lowest BCUT2D eigenvalue weighted by Crippen LogP contribution is -2.37. The number of amides is 1. The van der Waals surface area contributed by atoms with Crippen molar-refractivity contribution in [2.75, 3.05) is 5.32 Å². The van der Waals surface area contributed by atoms with Gasteiger partial charge < -0.3 is 5.32 Å². The van der Waals surface area contributed by atoms with Crippen LogP contribution in [-0.4, -0.2) is 10.9 Å². The minimum atomic E-state index is -0.542. The number of carbonyl (C=O) groups is 1. The van der Waals surface area contributed by atoms with Crippen LogP contribution < -0.4 is 5.32 Å². The van der Waals surface area contributed by atoms with E-state index in [2.05, 4.69) is 10.3 Å². The number of hydrogen-bond acceptors (Lipinski definition) is 3. The van der Waals surface area contributed by atoms with Crippen molar-refractivity contribution in [3.8, 4) is 0 Å². The van der Waals surface area contributed by atoms with Gasteiger partial charge in [0, 0.05) is 11.6 Å². The summed E-state index contributed by atoms with van der Waals surface area (Å²) in [4.78, 5) is 16.8. The summed E-state index contributed by atoms with van der Waals surface area (Å²) in [5.41, 5.74) is 0.352. The van der Waals surface area contributed by atoms with E-state index in [4.69, 9.17) is 0 Å². The van der Waals surface area contributed by atoms with Crippen LogP contribution in [0.5, 0.6) is 0 Å². The number of anilines is 1. The highest BCUT2D eigenvalue weighted by molar-refractivity contribution is 7.13. The summed E-state index contributed by atoms with van der Waals surface area (Å²) >= 11 is 1.40. The second-order valence-electron chi connectivity index (χ2n) is 5.09. The second-order valence-corrected chi connectivity index (χ2v) is 5.98. The number of rotatable bonds is 3. The molecule has 1 aromatic carbocycles. The molecular weight excluding hydrogens is 275 g/mol. The van der Waals surface area contributed by atoms with E-state index in [9.17, 15) is 9.18 Å². The number of halogens is 1. The summed E-state index contributed by atoms with van der Waals surface area (Å²) in [5, 5.41) is 5.33. The fraction of sp³-hybridized carbons (Fsp3) is 0.333. The summed E-state index contributed by atoms with van der Waals surface area (Å²) in [6.07, 6.45) is 5.30. The molecule has 0 bridgehead atoms. The van der Waals surface area contributed by atoms with Crippen LogP contribution in [0.4, 0.5) is 9.52 Å². The second kappa shape index (κ2) is 5.32. The van der Waals surface area contributed by atoms with Crippen molar-refractivity contribution in [2.24, 2.45) is 0 Å². The highest BCUT2D eigenvalue weighted by Gasteiger charge is 2.42. The third kappa shape index (κ3) is 2.33. The Morgan fingerprint density at radius 2 is 1.95 bits per heavy atom. The van der Waals surface area contributed by atoms with Crippen LogP contribution in [0, 0.1) is 5.82 Å². The lowest BCUT2D eigenvalue weighted by molar-refractivity contribution is -0.121. The summed E-state index contributed by atoms with van der Waals surface area (Å²) in [7, 11) is 0. The third-order valence-electron chi connectivity index (χ3n) is 3.94. The molecule has 0 atom stereocenters. The molecule has 1 N–H and O–H groups in total. The molecule has 1 amide bonds. The molecule has 0 unspecified atom stereocenters. The average Bonchev–Trinajstić information content (AvgIpc) is 3.10. The van der Waals surface area contributed by atoms with Crippen molar-refractivity contribution in [1.29, 1.82) is 0 Å². The van der Waals surface area contributed by atoms with E-state index < -0.39 is 5.41 Å². The van der Waals surface area contributed by atoms with Crippen LogP contribution in [0.15, 0.2) is 35.8 Å². The fourth-order valence-corrected chi connectivity index (χ4v) is 3.42. The first kappa shape index (κ1) is 13.2. The molecule has 0 aliphatic heterocycles. The van der Waals surface area contributed by atoms with Gasteiger partial charge in [0.1, 0.15) is 5.82 Å². The van der Waals surface area contributed by atoms with Gasteiger partial charge in [0.05, 0.1) is 5.41 Å². The highest BCUT2D eigenvalue weighted by atomic mass is 32.1. The van der Waals surface area contributed by atoms with Crippen LogP contribution in [-0.2, 0) is 10.2 Å². The molecule has 5 heteroatoms. The van der Waals surface area contributed by atoms with E-state index in [1.54, 1.807) is 18.3 Å². The maximum atomic E-state index is 13.1. The predicted molar refractivity (Wildman–Crippen MR) is 77.3 cm³/mol. The monoisotopic (exact) mass is 290 g/mol. The van der Waals surface area contributed by atoms with Crippen LogP contribution in [0.25, 0.3) is 0 Å². The van der Waals surface area contributed by atoms with Crippen molar-refractivity contribution in [1.82, 2.24) is 4.98 Å². The lowest BCUT2D eigenvalue weighted by atomic mass is 9.78. The van der Waals surface area contributed by atoms with Gasteiger partial charge in [0.25, 0.3) is 0 Å². The number of benzene rings is 1. The molecule has 0 spiro atoms. The maximum Gasteiger partial charge on any atom is 0.236 e. The molecule has 0 radical (unpaired) electrons. The van der Waals surface area contributed by atoms with E-state index in [-0.39, 0.29) is 11.7 Å². The van der Waals surface area contributed by atoms with E-state index >= 15 is 0 Å². The van der Waals surface area contributed by atoms with Crippen molar-refractivity contribution in [3.63, 3.8) is 0 Å². The zero-order chi connectivity index (χ0) is 14.0. The molecular formula is C15H15FN2OS. The molecule has 0 saturated heterocycles. The summed E-state index contributed by atoms with van der Waals surface area (Å²) in [6.45, 7) is 0. The Hall–Kier alpha value is -1.75. The molecule has 3 nitrogen and oxygen atoms in total. The first-order valence-electron chi connectivity index (χ1n) is 6.68. The Morgan fingerprint density at radius 1 is 1.25 bits per heavy atom. The van der Waals surface area contributed by atoms with Gasteiger partial charge in [-0.05, 0) is 30.5 Å². The average molecular weight is 290 g/mol. The van der Waals surface area contributed by atoms with E-state index in [1.165, 1.54) is 23.5 Å². The van der Waals surface area contributed by atoms with E-state index in [0.717, 1.165) is 31.2 Å². The van der Waals surface area contributed by atoms with Crippen molar-refractivity contribution >= 4 is 22.4 Å². The van der Waals surface area contributed by atoms with Crippen molar-refractivity contribution in [2.45, 2.75) is 31.1 Å². The largest absolute Gasteiger partial charge is 0.301 e. The van der Waals surface area contributed by atoms with Crippen LogP contribution in [0.1, 0.15) is 31.2 Å². The molecule has 20 heavy (non-hydrogen) atoms. The normalized spacial score (nSPS) is 17.1. The molecule has 1 saturated carbocycles. The first-order chi connectivity index (χ1) is 9.71. The zero-order valence-corrected chi connectivity index (χ0v) is 11.8. The predicted octanol–water partition coefficient (Wildman–Crippen LogP) is 3.73. The Morgan fingerprint density at radius 3 is 2.55 bits per heavy atom. The number of aromatic nitrogens is 1. The molecule has 1 aliphatic carbocycles. The minimum absolute atomic E-state index is 0.0310. The topological polar surface area (TPSA) is 42.0 Å². The number of thiazole rings is 1. The smallest absolute Gasteiger partial charge is 0.236 e. The van der Waals surface area contributed by atoms with Crippen LogP contribution >= 0.6 is 11.3 Å². The summed E-state index contributed by atoms with van der Waals surface area (Å²) in [5.74, 6) is -0.307. The fourth-order valence-electron chi connectivity index (χ4n) is 2.90. The van der Waals surface area contributed by atoms with Gasteiger partial charge in [-0.15, -0.1) is 11.3 Å². The zero-order valence-electron chi connectivity index (χ0n) is 10.9. The summed E-state index contributed by atoms with van der Waals surface area (Å²) in [6, 6.07) is 6.29. The lowest BCUT2D eigenvalue weighted by Gasteiger charge is -2.27. The Kier molecular flexibility index (Phi) is 3.53. The standard InChI is InChI=1S/C15H15FN2OS/c16-12-5-3-11(4-6-12)15(7-1-2-8-15)13(19)18-14-17-9-10-20-14/h3-6,9-10H,1-2,7-8H2,(H,17,18,19). The van der Waals surface area contributed by atoms with Gasteiger partial charge in [-0.1, -0.05) is 25.0 Å². The van der Waals surface area contributed by atoms with Gasteiger partial charge >= 0.3 is 0 Å². The van der Waals surface area contributed by atoms with Gasteiger partial charge in [-0.2, -0.15) is 0 Å².